The third kappa shape index (κ3) is 4.01. The van der Waals surface area contributed by atoms with Crippen molar-refractivity contribution in [2.75, 3.05) is 11.9 Å². The van der Waals surface area contributed by atoms with Crippen LogP contribution in [0.1, 0.15) is 26.2 Å². The van der Waals surface area contributed by atoms with E-state index in [4.69, 9.17) is 16.3 Å². The fraction of sp³-hybridized carbons (Fsp3) is 0.438. The van der Waals surface area contributed by atoms with Gasteiger partial charge in [-0.3, -0.25) is 0 Å². The highest BCUT2D eigenvalue weighted by atomic mass is 35.5. The van der Waals surface area contributed by atoms with Gasteiger partial charge in [-0.05, 0) is 50.3 Å². The normalized spacial score (nSPS) is 19.4. The van der Waals surface area contributed by atoms with Crippen LogP contribution in [0.3, 0.4) is 0 Å². The zero-order chi connectivity index (χ0) is 14.4. The Bertz CT molecular complexity index is 487. The Kier molecular flexibility index (Phi) is 5.48. The Morgan fingerprint density at radius 3 is 3.00 bits per heavy atom. The van der Waals surface area contributed by atoms with Crippen LogP contribution in [0.2, 0.25) is 5.02 Å². The van der Waals surface area contributed by atoms with Gasteiger partial charge < -0.3 is 10.1 Å². The smallest absolute Gasteiger partial charge is 0.328 e. The Morgan fingerprint density at radius 2 is 2.35 bits per heavy atom. The van der Waals surface area contributed by atoms with Crippen molar-refractivity contribution in [1.82, 2.24) is 0 Å². The molecule has 0 aliphatic heterocycles. The summed E-state index contributed by atoms with van der Waals surface area (Å²) in [6.45, 7) is 2.23. The van der Waals surface area contributed by atoms with E-state index in [9.17, 15) is 4.79 Å². The molecule has 1 aromatic carbocycles. The summed E-state index contributed by atoms with van der Waals surface area (Å²) in [6, 6.07) is 7.10. The molecule has 0 saturated heterocycles. The number of nitrogens with one attached hydrogen (secondary N) is 1. The van der Waals surface area contributed by atoms with Crippen LogP contribution in [-0.2, 0) is 9.53 Å². The van der Waals surface area contributed by atoms with E-state index in [2.05, 4.69) is 17.5 Å². The van der Waals surface area contributed by atoms with E-state index in [1.165, 1.54) is 0 Å². The summed E-state index contributed by atoms with van der Waals surface area (Å²) in [6.07, 6.45) is 7.21. The minimum Gasteiger partial charge on any atom is -0.464 e. The first-order valence-corrected chi connectivity index (χ1v) is 7.42. The largest absolute Gasteiger partial charge is 0.464 e. The summed E-state index contributed by atoms with van der Waals surface area (Å²) in [5.74, 6) is 0.0748. The Hall–Kier alpha value is -1.48. The third-order valence-electron chi connectivity index (χ3n) is 3.47. The number of benzene rings is 1. The first-order valence-electron chi connectivity index (χ1n) is 7.04. The molecule has 0 spiro atoms. The van der Waals surface area contributed by atoms with Crippen molar-refractivity contribution >= 4 is 23.3 Å². The fourth-order valence-electron chi connectivity index (χ4n) is 2.48. The number of rotatable bonds is 5. The van der Waals surface area contributed by atoms with Crippen molar-refractivity contribution in [1.29, 1.82) is 0 Å². The molecule has 0 aromatic heterocycles. The minimum atomic E-state index is -0.321. The molecule has 1 N–H and O–H groups in total. The number of hydrogen-bond donors (Lipinski definition) is 1. The first-order chi connectivity index (χ1) is 9.70. The van der Waals surface area contributed by atoms with Gasteiger partial charge in [0.1, 0.15) is 6.04 Å². The summed E-state index contributed by atoms with van der Waals surface area (Å²) in [5.41, 5.74) is 0.852. The lowest BCUT2D eigenvalue weighted by Gasteiger charge is -2.28. The van der Waals surface area contributed by atoms with Gasteiger partial charge >= 0.3 is 5.97 Å². The maximum absolute atomic E-state index is 12.2. The van der Waals surface area contributed by atoms with Crippen LogP contribution < -0.4 is 5.32 Å². The third-order valence-corrected chi connectivity index (χ3v) is 3.70. The molecule has 0 radical (unpaired) electrons. The number of carbonyl (C=O) groups is 1. The second kappa shape index (κ2) is 7.34. The second-order valence-electron chi connectivity index (χ2n) is 4.93. The van der Waals surface area contributed by atoms with Gasteiger partial charge in [-0.1, -0.05) is 29.8 Å². The molecule has 2 rings (SSSR count). The van der Waals surface area contributed by atoms with Gasteiger partial charge in [0.15, 0.2) is 0 Å². The van der Waals surface area contributed by atoms with Gasteiger partial charge in [-0.2, -0.15) is 0 Å². The molecule has 1 aromatic rings. The van der Waals surface area contributed by atoms with Crippen molar-refractivity contribution in [3.8, 4) is 0 Å². The quantitative estimate of drug-likeness (QED) is 0.658. The van der Waals surface area contributed by atoms with Crippen molar-refractivity contribution in [3.63, 3.8) is 0 Å². The van der Waals surface area contributed by atoms with Crippen molar-refractivity contribution in [2.24, 2.45) is 5.92 Å². The van der Waals surface area contributed by atoms with E-state index in [-0.39, 0.29) is 17.9 Å². The number of allylic oxidation sites excluding steroid dienone is 2. The average molecular weight is 294 g/mol. The Labute approximate surface area is 125 Å². The molecule has 2 atom stereocenters. The van der Waals surface area contributed by atoms with Crippen LogP contribution in [0, 0.1) is 5.92 Å². The number of hydrogen-bond acceptors (Lipinski definition) is 3. The number of esters is 1. The van der Waals surface area contributed by atoms with Gasteiger partial charge in [-0.25, -0.2) is 4.79 Å². The highest BCUT2D eigenvalue weighted by Gasteiger charge is 2.29. The molecule has 20 heavy (non-hydrogen) atoms. The topological polar surface area (TPSA) is 38.3 Å². The molecule has 3 nitrogen and oxygen atoms in total. The highest BCUT2D eigenvalue weighted by Crippen LogP contribution is 2.26. The standard InChI is InChI=1S/C16H20ClNO2/c1-2-20-16(19)15(12-7-4-3-5-8-12)18-14-10-6-9-13(17)11-14/h3-4,6,9-12,15,18H,2,5,7-8H2,1H3. The van der Waals surface area contributed by atoms with Gasteiger partial charge in [-0.15, -0.1) is 0 Å². The summed E-state index contributed by atoms with van der Waals surface area (Å²) in [7, 11) is 0. The summed E-state index contributed by atoms with van der Waals surface area (Å²) in [5, 5.41) is 3.94. The monoisotopic (exact) mass is 293 g/mol. The SMILES string of the molecule is CCOC(=O)C(Nc1cccc(Cl)c1)C1CC=CCC1. The molecule has 1 aliphatic rings. The van der Waals surface area contributed by atoms with Crippen LogP contribution >= 0.6 is 11.6 Å². The molecule has 1 aliphatic carbocycles. The second-order valence-corrected chi connectivity index (χ2v) is 5.37. The van der Waals surface area contributed by atoms with Gasteiger partial charge in [0.05, 0.1) is 6.61 Å². The number of ether oxygens (including phenoxy) is 1. The van der Waals surface area contributed by atoms with Crippen LogP contribution in [0.25, 0.3) is 0 Å². The molecule has 2 unspecified atom stereocenters. The van der Waals surface area contributed by atoms with E-state index in [1.807, 2.05) is 31.2 Å². The van der Waals surface area contributed by atoms with E-state index in [1.54, 1.807) is 0 Å². The van der Waals surface area contributed by atoms with Gasteiger partial charge in [0, 0.05) is 10.7 Å². The molecule has 108 valence electrons. The van der Waals surface area contributed by atoms with E-state index < -0.39 is 0 Å². The molecule has 0 heterocycles. The van der Waals surface area contributed by atoms with E-state index in [0.717, 1.165) is 24.9 Å². The lowest BCUT2D eigenvalue weighted by molar-refractivity contribution is -0.145. The van der Waals surface area contributed by atoms with E-state index in [0.29, 0.717) is 11.6 Å². The van der Waals surface area contributed by atoms with Crippen LogP contribution in [0.5, 0.6) is 0 Å². The molecule has 0 bridgehead atoms. The van der Waals surface area contributed by atoms with Crippen LogP contribution in [0.4, 0.5) is 5.69 Å². The maximum Gasteiger partial charge on any atom is 0.328 e. The van der Waals surface area contributed by atoms with Crippen molar-refractivity contribution in [3.05, 3.63) is 41.4 Å². The zero-order valence-electron chi connectivity index (χ0n) is 11.6. The maximum atomic E-state index is 12.2. The molecular weight excluding hydrogens is 274 g/mol. The summed E-state index contributed by atoms with van der Waals surface area (Å²) >= 11 is 5.99. The fourth-order valence-corrected chi connectivity index (χ4v) is 2.67. The predicted octanol–water partition coefficient (Wildman–Crippen LogP) is 4.04. The Morgan fingerprint density at radius 1 is 1.50 bits per heavy atom. The Balaban J connectivity index is 2.13. The van der Waals surface area contributed by atoms with E-state index >= 15 is 0 Å². The predicted molar refractivity (Wildman–Crippen MR) is 82.0 cm³/mol. The van der Waals surface area contributed by atoms with Crippen LogP contribution in [-0.4, -0.2) is 18.6 Å². The molecule has 0 fully saturated rings. The number of anilines is 1. The van der Waals surface area contributed by atoms with Crippen molar-refractivity contribution < 1.29 is 9.53 Å². The molecule has 0 amide bonds. The minimum absolute atomic E-state index is 0.187. The number of carbonyl (C=O) groups excluding carboxylic acids is 1. The first kappa shape index (κ1) is 14.9. The van der Waals surface area contributed by atoms with Crippen molar-refractivity contribution in [2.45, 2.75) is 32.2 Å². The number of halogens is 1. The molecule has 4 heteroatoms. The van der Waals surface area contributed by atoms with Gasteiger partial charge in [0.2, 0.25) is 0 Å². The summed E-state index contributed by atoms with van der Waals surface area (Å²) < 4.78 is 5.20. The average Bonchev–Trinajstić information content (AvgIpc) is 2.46. The van der Waals surface area contributed by atoms with Gasteiger partial charge in [0.25, 0.3) is 0 Å². The summed E-state index contributed by atoms with van der Waals surface area (Å²) in [4.78, 5) is 12.2. The molecule has 0 saturated carbocycles. The lowest BCUT2D eigenvalue weighted by atomic mass is 9.87. The molecular formula is C16H20ClNO2. The highest BCUT2D eigenvalue weighted by molar-refractivity contribution is 6.30. The lowest BCUT2D eigenvalue weighted by Crippen LogP contribution is -2.38. The van der Waals surface area contributed by atoms with Crippen LogP contribution in [0.15, 0.2) is 36.4 Å². The zero-order valence-corrected chi connectivity index (χ0v) is 12.4.